The van der Waals surface area contributed by atoms with Crippen molar-refractivity contribution in [1.29, 1.82) is 0 Å². The van der Waals surface area contributed by atoms with Gasteiger partial charge >= 0.3 is 5.97 Å². The zero-order valence-electron chi connectivity index (χ0n) is 18.9. The second-order valence-corrected chi connectivity index (χ2v) is 8.70. The lowest BCUT2D eigenvalue weighted by molar-refractivity contribution is -0.139. The van der Waals surface area contributed by atoms with Crippen LogP contribution in [0.1, 0.15) is 31.0 Å². The van der Waals surface area contributed by atoms with E-state index in [4.69, 9.17) is 18.9 Å². The summed E-state index contributed by atoms with van der Waals surface area (Å²) in [6.07, 6.45) is 1.80. The van der Waals surface area contributed by atoms with E-state index in [9.17, 15) is 9.59 Å². The van der Waals surface area contributed by atoms with E-state index >= 15 is 0 Å². The first kappa shape index (κ1) is 22.0. The fraction of sp³-hybridized carbons (Fsp3) is 0.240. The number of esters is 1. The van der Waals surface area contributed by atoms with Crippen LogP contribution in [0.15, 0.2) is 63.5 Å². The van der Waals surface area contributed by atoms with Crippen LogP contribution in [-0.4, -0.2) is 31.0 Å². The molecule has 0 saturated carbocycles. The molecule has 9 heteroatoms. The van der Waals surface area contributed by atoms with Crippen molar-refractivity contribution in [3.8, 4) is 17.2 Å². The minimum Gasteiger partial charge on any atom is -0.497 e. The molecule has 2 aliphatic rings. The van der Waals surface area contributed by atoms with Crippen LogP contribution in [-0.2, 0) is 9.53 Å². The number of thiazole rings is 1. The maximum Gasteiger partial charge on any atom is 0.338 e. The number of methoxy groups -OCH3 is 1. The molecule has 1 aromatic heterocycles. The number of carbonyl (C=O) groups is 1. The molecule has 5 rings (SSSR count). The molecule has 2 aromatic carbocycles. The van der Waals surface area contributed by atoms with E-state index in [1.165, 1.54) is 11.3 Å². The van der Waals surface area contributed by atoms with Crippen molar-refractivity contribution < 1.29 is 23.7 Å². The normalized spacial score (nSPS) is 16.8. The minimum absolute atomic E-state index is 0.127. The van der Waals surface area contributed by atoms with Crippen molar-refractivity contribution in [3.05, 3.63) is 84.5 Å². The van der Waals surface area contributed by atoms with Gasteiger partial charge in [-0.3, -0.25) is 9.36 Å². The lowest BCUT2D eigenvalue weighted by Gasteiger charge is -2.24. The minimum atomic E-state index is -0.711. The monoisotopic (exact) mass is 478 g/mol. The predicted octanol–water partition coefficient (Wildman–Crippen LogP) is 2.54. The highest BCUT2D eigenvalue weighted by molar-refractivity contribution is 7.07. The smallest absolute Gasteiger partial charge is 0.338 e. The fourth-order valence-corrected chi connectivity index (χ4v) is 5.12. The zero-order chi connectivity index (χ0) is 23.8. The van der Waals surface area contributed by atoms with Crippen molar-refractivity contribution in [2.75, 3.05) is 20.5 Å². The van der Waals surface area contributed by atoms with E-state index in [1.807, 2.05) is 30.3 Å². The van der Waals surface area contributed by atoms with Gasteiger partial charge in [0.1, 0.15) is 5.75 Å². The number of rotatable bonds is 5. The van der Waals surface area contributed by atoms with Gasteiger partial charge in [-0.1, -0.05) is 29.5 Å². The molecule has 0 aliphatic carbocycles. The van der Waals surface area contributed by atoms with E-state index in [0.717, 1.165) is 5.56 Å². The number of hydrogen-bond donors (Lipinski definition) is 0. The molecule has 3 aromatic rings. The Labute approximate surface area is 199 Å². The van der Waals surface area contributed by atoms with Gasteiger partial charge in [-0.05, 0) is 55.3 Å². The van der Waals surface area contributed by atoms with Crippen molar-refractivity contribution in [2.45, 2.75) is 19.9 Å². The molecule has 0 radical (unpaired) electrons. The van der Waals surface area contributed by atoms with Crippen LogP contribution in [0.3, 0.4) is 0 Å². The summed E-state index contributed by atoms with van der Waals surface area (Å²) < 4.78 is 23.6. The second-order valence-electron chi connectivity index (χ2n) is 7.69. The van der Waals surface area contributed by atoms with Gasteiger partial charge in [0.05, 0.1) is 35.6 Å². The topological polar surface area (TPSA) is 88.4 Å². The van der Waals surface area contributed by atoms with Crippen molar-refractivity contribution in [1.82, 2.24) is 4.57 Å². The molecule has 1 unspecified atom stereocenters. The highest BCUT2D eigenvalue weighted by atomic mass is 32.1. The van der Waals surface area contributed by atoms with E-state index < -0.39 is 12.0 Å². The lowest BCUT2D eigenvalue weighted by atomic mass is 9.95. The van der Waals surface area contributed by atoms with Gasteiger partial charge < -0.3 is 18.9 Å². The number of fused-ring (bicyclic) bond motifs is 2. The summed E-state index contributed by atoms with van der Waals surface area (Å²) in [4.78, 5) is 31.7. The number of aromatic nitrogens is 1. The maximum atomic E-state index is 13.6. The SMILES string of the molecule is CCOC(=O)C1=C(C)N=c2s/c(=C\c3cccc(OC)c3)c(=O)n2C1c1ccc2c(c1)OCO2. The Kier molecular flexibility index (Phi) is 5.70. The van der Waals surface area contributed by atoms with E-state index in [1.54, 1.807) is 43.7 Å². The van der Waals surface area contributed by atoms with Gasteiger partial charge in [-0.25, -0.2) is 9.79 Å². The van der Waals surface area contributed by atoms with Crippen LogP contribution in [0.4, 0.5) is 0 Å². The van der Waals surface area contributed by atoms with Gasteiger partial charge in [0.15, 0.2) is 16.3 Å². The number of hydrogen-bond acceptors (Lipinski definition) is 8. The number of benzene rings is 2. The summed E-state index contributed by atoms with van der Waals surface area (Å²) >= 11 is 1.27. The largest absolute Gasteiger partial charge is 0.497 e. The summed E-state index contributed by atoms with van der Waals surface area (Å²) in [5.41, 5.74) is 2.11. The Bertz CT molecular complexity index is 1500. The molecule has 2 aliphatic heterocycles. The van der Waals surface area contributed by atoms with Gasteiger partial charge in [-0.15, -0.1) is 0 Å². The molecule has 8 nitrogen and oxygen atoms in total. The maximum absolute atomic E-state index is 13.6. The number of nitrogens with zero attached hydrogens (tertiary/aromatic N) is 2. The van der Waals surface area contributed by atoms with Crippen LogP contribution < -0.4 is 29.1 Å². The van der Waals surface area contributed by atoms with Crippen LogP contribution in [0.25, 0.3) is 6.08 Å². The Morgan fingerprint density at radius 1 is 1.24 bits per heavy atom. The summed E-state index contributed by atoms with van der Waals surface area (Å²) in [5.74, 6) is 1.37. The number of allylic oxidation sites excluding steroid dienone is 1. The van der Waals surface area contributed by atoms with Crippen molar-refractivity contribution in [3.63, 3.8) is 0 Å². The summed E-state index contributed by atoms with van der Waals surface area (Å²) in [7, 11) is 1.60. The average Bonchev–Trinajstić information content (AvgIpc) is 3.42. The molecule has 3 heterocycles. The van der Waals surface area contributed by atoms with Crippen molar-refractivity contribution in [2.24, 2.45) is 4.99 Å². The van der Waals surface area contributed by atoms with Crippen LogP contribution in [0, 0.1) is 0 Å². The molecule has 34 heavy (non-hydrogen) atoms. The van der Waals surface area contributed by atoms with Crippen LogP contribution in [0.5, 0.6) is 17.2 Å². The van der Waals surface area contributed by atoms with Gasteiger partial charge in [-0.2, -0.15) is 0 Å². The van der Waals surface area contributed by atoms with E-state index in [0.29, 0.717) is 43.4 Å². The van der Waals surface area contributed by atoms with Gasteiger partial charge in [0.25, 0.3) is 5.56 Å². The molecular weight excluding hydrogens is 456 g/mol. The van der Waals surface area contributed by atoms with Crippen LogP contribution >= 0.6 is 11.3 Å². The molecule has 0 spiro atoms. The fourth-order valence-electron chi connectivity index (χ4n) is 4.07. The van der Waals surface area contributed by atoms with Crippen LogP contribution in [0.2, 0.25) is 0 Å². The standard InChI is InChI=1S/C25H22N2O6S/c1-4-31-24(29)21-14(2)26-25-27(22(21)16-8-9-18-19(12-16)33-13-32-18)23(28)20(34-25)11-15-6-5-7-17(10-15)30-3/h5-12,22H,4,13H2,1-3H3/b20-11-. The molecule has 0 saturated heterocycles. The molecule has 0 fully saturated rings. The summed E-state index contributed by atoms with van der Waals surface area (Å²) in [5, 5.41) is 0. The average molecular weight is 479 g/mol. The van der Waals surface area contributed by atoms with E-state index in [-0.39, 0.29) is 19.0 Å². The number of carbonyl (C=O) groups excluding carboxylic acids is 1. The zero-order valence-corrected chi connectivity index (χ0v) is 19.7. The Morgan fingerprint density at radius 3 is 2.85 bits per heavy atom. The third kappa shape index (κ3) is 3.77. The quantitative estimate of drug-likeness (QED) is 0.524. The highest BCUT2D eigenvalue weighted by Crippen LogP contribution is 2.38. The Balaban J connectivity index is 1.71. The molecule has 1 atom stereocenters. The third-order valence-electron chi connectivity index (χ3n) is 5.62. The molecule has 0 bridgehead atoms. The van der Waals surface area contributed by atoms with Crippen molar-refractivity contribution >= 4 is 23.4 Å². The molecule has 174 valence electrons. The molecular formula is C25H22N2O6S. The Hall–Kier alpha value is -3.85. The lowest BCUT2D eigenvalue weighted by Crippen LogP contribution is -2.39. The summed E-state index contributed by atoms with van der Waals surface area (Å²) in [6, 6.07) is 12.1. The predicted molar refractivity (Wildman–Crippen MR) is 126 cm³/mol. The first-order valence-corrected chi connectivity index (χ1v) is 11.5. The van der Waals surface area contributed by atoms with E-state index in [2.05, 4.69) is 4.99 Å². The molecule has 0 N–H and O–H groups in total. The molecule has 0 amide bonds. The second kappa shape index (κ2) is 8.83. The summed E-state index contributed by atoms with van der Waals surface area (Å²) in [6.45, 7) is 3.84. The van der Waals surface area contributed by atoms with Gasteiger partial charge in [0.2, 0.25) is 6.79 Å². The third-order valence-corrected chi connectivity index (χ3v) is 6.60. The Morgan fingerprint density at radius 2 is 2.06 bits per heavy atom. The first-order valence-electron chi connectivity index (χ1n) is 10.7. The van der Waals surface area contributed by atoms with Gasteiger partial charge in [0, 0.05) is 0 Å². The first-order chi connectivity index (χ1) is 16.5. The number of ether oxygens (including phenoxy) is 4. The highest BCUT2D eigenvalue weighted by Gasteiger charge is 2.34.